The summed E-state index contributed by atoms with van der Waals surface area (Å²) in [6, 6.07) is 19.7. The number of alkyl carbamates (subject to hydrolysis) is 1. The number of likely N-dealkylation sites (tertiary alicyclic amines) is 1. The molecule has 2 saturated heterocycles. The third-order valence-corrected chi connectivity index (χ3v) is 7.53. The molecule has 5 rings (SSSR count). The number of hydrogen-bond acceptors (Lipinski definition) is 6. The van der Waals surface area contributed by atoms with Crippen molar-refractivity contribution in [3.63, 3.8) is 0 Å². The summed E-state index contributed by atoms with van der Waals surface area (Å²) >= 11 is 0. The molecular formula is C27H32N2O6. The van der Waals surface area contributed by atoms with Gasteiger partial charge in [0, 0.05) is 26.0 Å². The van der Waals surface area contributed by atoms with E-state index in [2.05, 4.69) is 5.32 Å². The van der Waals surface area contributed by atoms with E-state index in [1.165, 1.54) is 0 Å². The van der Waals surface area contributed by atoms with E-state index in [0.29, 0.717) is 32.6 Å². The number of rotatable bonds is 9. The molecule has 3 aliphatic rings. The number of piperidine rings is 1. The van der Waals surface area contributed by atoms with Crippen LogP contribution in [-0.2, 0) is 36.9 Å². The first-order valence-electron chi connectivity index (χ1n) is 12.1. The Balaban J connectivity index is 1.45. The number of benzene rings is 2. The summed E-state index contributed by atoms with van der Waals surface area (Å²) in [5.74, 6) is 0.0629. The number of ether oxygens (including phenoxy) is 4. The molecule has 1 spiro atoms. The largest absolute Gasteiger partial charge is 0.447 e. The minimum atomic E-state index is -0.739. The van der Waals surface area contributed by atoms with Crippen LogP contribution in [0.15, 0.2) is 60.7 Å². The highest BCUT2D eigenvalue weighted by Gasteiger charge is 2.65. The van der Waals surface area contributed by atoms with E-state index >= 15 is 0 Å². The molecule has 1 aliphatic carbocycles. The van der Waals surface area contributed by atoms with Gasteiger partial charge in [0.2, 0.25) is 5.91 Å². The lowest BCUT2D eigenvalue weighted by Gasteiger charge is -2.47. The molecule has 35 heavy (non-hydrogen) atoms. The molecular weight excluding hydrogens is 448 g/mol. The predicted molar refractivity (Wildman–Crippen MR) is 127 cm³/mol. The van der Waals surface area contributed by atoms with E-state index < -0.39 is 11.6 Å². The Morgan fingerprint density at radius 3 is 2.43 bits per heavy atom. The summed E-state index contributed by atoms with van der Waals surface area (Å²) in [5, 5.41) is 3.09. The van der Waals surface area contributed by atoms with Gasteiger partial charge in [-0.25, -0.2) is 4.79 Å². The molecule has 1 saturated carbocycles. The number of cyclic esters (lactones) is 1. The van der Waals surface area contributed by atoms with Crippen LogP contribution in [-0.4, -0.2) is 61.7 Å². The van der Waals surface area contributed by atoms with Crippen molar-refractivity contribution in [1.29, 1.82) is 0 Å². The number of nitrogens with one attached hydrogen (secondary N) is 1. The average molecular weight is 481 g/mol. The molecule has 0 radical (unpaired) electrons. The van der Waals surface area contributed by atoms with Crippen molar-refractivity contribution < 1.29 is 28.5 Å². The molecule has 0 bridgehead atoms. The van der Waals surface area contributed by atoms with Crippen molar-refractivity contribution in [2.24, 2.45) is 11.8 Å². The SMILES string of the molecule is COCO[C@H]1C[C@H]2CC(=O)N(Cc3ccccc3)[C@H](COCc3ccccc3)[C@H]2[C@]12COC(=O)N2. The number of carbonyl (C=O) groups excluding carboxylic acids is 2. The Labute approximate surface area is 205 Å². The molecule has 5 atom stereocenters. The van der Waals surface area contributed by atoms with Gasteiger partial charge in [-0.15, -0.1) is 0 Å². The average Bonchev–Trinajstić information content (AvgIpc) is 3.40. The van der Waals surface area contributed by atoms with Crippen molar-refractivity contribution in [2.75, 3.05) is 27.1 Å². The van der Waals surface area contributed by atoms with Crippen molar-refractivity contribution in [2.45, 2.75) is 43.7 Å². The summed E-state index contributed by atoms with van der Waals surface area (Å²) < 4.78 is 22.9. The van der Waals surface area contributed by atoms with E-state index in [1.54, 1.807) is 7.11 Å². The maximum absolute atomic E-state index is 13.5. The molecule has 2 heterocycles. The second-order valence-electron chi connectivity index (χ2n) is 9.60. The van der Waals surface area contributed by atoms with Gasteiger partial charge in [-0.1, -0.05) is 60.7 Å². The Kier molecular flexibility index (Phi) is 7.04. The van der Waals surface area contributed by atoms with Gasteiger partial charge in [-0.05, 0) is 23.5 Å². The van der Waals surface area contributed by atoms with Crippen LogP contribution in [0.5, 0.6) is 0 Å². The van der Waals surface area contributed by atoms with Crippen molar-refractivity contribution in [1.82, 2.24) is 10.2 Å². The molecule has 8 nitrogen and oxygen atoms in total. The Morgan fingerprint density at radius 2 is 1.77 bits per heavy atom. The topological polar surface area (TPSA) is 86.3 Å². The van der Waals surface area contributed by atoms with Crippen LogP contribution >= 0.6 is 0 Å². The Bertz CT molecular complexity index is 1020. The zero-order valence-electron chi connectivity index (χ0n) is 19.9. The van der Waals surface area contributed by atoms with Gasteiger partial charge >= 0.3 is 6.09 Å². The maximum Gasteiger partial charge on any atom is 0.407 e. The quantitative estimate of drug-likeness (QED) is 0.555. The Hall–Kier alpha value is -2.94. The third-order valence-electron chi connectivity index (χ3n) is 7.53. The van der Waals surface area contributed by atoms with E-state index in [9.17, 15) is 9.59 Å². The van der Waals surface area contributed by atoms with Crippen LogP contribution < -0.4 is 5.32 Å². The number of nitrogens with zero attached hydrogens (tertiary/aromatic N) is 1. The van der Waals surface area contributed by atoms with Gasteiger partial charge in [-0.3, -0.25) is 4.79 Å². The zero-order valence-corrected chi connectivity index (χ0v) is 19.9. The van der Waals surface area contributed by atoms with Gasteiger partial charge in [0.15, 0.2) is 0 Å². The summed E-state index contributed by atoms with van der Waals surface area (Å²) in [6.07, 6.45) is 0.284. The maximum atomic E-state index is 13.5. The van der Waals surface area contributed by atoms with Crippen molar-refractivity contribution in [3.8, 4) is 0 Å². The highest BCUT2D eigenvalue weighted by atomic mass is 16.7. The van der Waals surface area contributed by atoms with Crippen LogP contribution in [0.25, 0.3) is 0 Å². The van der Waals surface area contributed by atoms with Crippen LogP contribution in [0.4, 0.5) is 4.79 Å². The fourth-order valence-electron chi connectivity index (χ4n) is 6.07. The molecule has 3 fully saturated rings. The van der Waals surface area contributed by atoms with Gasteiger partial charge in [0.1, 0.15) is 18.9 Å². The van der Waals surface area contributed by atoms with Crippen LogP contribution in [0, 0.1) is 11.8 Å². The number of carbonyl (C=O) groups is 2. The minimum absolute atomic E-state index is 0.0451. The normalized spacial score (nSPS) is 29.8. The first kappa shape index (κ1) is 23.8. The molecule has 8 heteroatoms. The van der Waals surface area contributed by atoms with Crippen LogP contribution in [0.3, 0.4) is 0 Å². The van der Waals surface area contributed by atoms with Crippen LogP contribution in [0.1, 0.15) is 24.0 Å². The second kappa shape index (κ2) is 10.4. The fourth-order valence-corrected chi connectivity index (χ4v) is 6.07. The molecule has 0 aromatic heterocycles. The standard InChI is InChI=1S/C27H32N2O6/c1-32-18-35-23-12-21-13-24(30)29(14-19-8-4-2-5-9-19)22(16-33-15-20-10-6-3-7-11-20)25(21)27(23)17-34-26(31)28-27/h2-11,21-23,25H,12-18H2,1H3,(H,28,31)/t21-,22+,23-,25-,27-/m0/s1. The summed E-state index contributed by atoms with van der Waals surface area (Å²) in [7, 11) is 1.57. The monoisotopic (exact) mass is 480 g/mol. The van der Waals surface area contributed by atoms with Gasteiger partial charge in [0.05, 0.1) is 25.4 Å². The highest BCUT2D eigenvalue weighted by molar-refractivity contribution is 5.79. The van der Waals surface area contributed by atoms with E-state index in [-0.39, 0.29) is 43.3 Å². The molecule has 186 valence electrons. The number of fused-ring (bicyclic) bond motifs is 2. The zero-order chi connectivity index (χ0) is 24.3. The molecule has 2 aromatic rings. The lowest BCUT2D eigenvalue weighted by Crippen LogP contribution is -2.64. The second-order valence-corrected chi connectivity index (χ2v) is 9.60. The number of methoxy groups -OCH3 is 1. The summed E-state index contributed by atoms with van der Waals surface area (Å²) in [4.78, 5) is 27.7. The van der Waals surface area contributed by atoms with E-state index in [4.69, 9.17) is 18.9 Å². The van der Waals surface area contributed by atoms with Gasteiger partial charge in [-0.2, -0.15) is 0 Å². The highest BCUT2D eigenvalue weighted by Crippen LogP contribution is 2.51. The smallest absolute Gasteiger partial charge is 0.407 e. The van der Waals surface area contributed by atoms with E-state index in [1.807, 2.05) is 65.6 Å². The number of amides is 2. The van der Waals surface area contributed by atoms with Gasteiger partial charge < -0.3 is 29.2 Å². The fraction of sp³-hybridized carbons (Fsp3) is 0.481. The lowest BCUT2D eigenvalue weighted by atomic mass is 9.73. The van der Waals surface area contributed by atoms with Gasteiger partial charge in [0.25, 0.3) is 0 Å². The van der Waals surface area contributed by atoms with Crippen molar-refractivity contribution >= 4 is 12.0 Å². The first-order chi connectivity index (χ1) is 17.1. The first-order valence-corrected chi connectivity index (χ1v) is 12.1. The molecule has 0 unspecified atom stereocenters. The van der Waals surface area contributed by atoms with Crippen LogP contribution in [0.2, 0.25) is 0 Å². The summed E-state index contributed by atoms with van der Waals surface area (Å²) in [5.41, 5.74) is 1.38. The lowest BCUT2D eigenvalue weighted by molar-refractivity contribution is -0.148. The van der Waals surface area contributed by atoms with Crippen molar-refractivity contribution in [3.05, 3.63) is 71.8 Å². The third kappa shape index (κ3) is 4.78. The Morgan fingerprint density at radius 1 is 1.06 bits per heavy atom. The minimum Gasteiger partial charge on any atom is -0.447 e. The predicted octanol–water partition coefficient (Wildman–Crippen LogP) is 3.11. The molecule has 2 aliphatic heterocycles. The molecule has 1 N–H and O–H groups in total. The molecule has 2 amide bonds. The summed E-state index contributed by atoms with van der Waals surface area (Å²) in [6.45, 7) is 1.59. The molecule has 2 aromatic carbocycles. The number of hydrogen-bond donors (Lipinski definition) is 1. The van der Waals surface area contributed by atoms with E-state index in [0.717, 1.165) is 11.1 Å².